The third-order valence-corrected chi connectivity index (χ3v) is 1.76. The number of hydrogen-bond donors (Lipinski definition) is 1. The number of nitrogens with one attached hydrogen (secondary N) is 1. The lowest BCUT2D eigenvalue weighted by Crippen LogP contribution is -2.35. The van der Waals surface area contributed by atoms with E-state index in [1.807, 2.05) is 6.92 Å². The van der Waals surface area contributed by atoms with Gasteiger partial charge in [0.2, 0.25) is 6.41 Å². The smallest absolute Gasteiger partial charge is 0.207 e. The molecule has 4 nitrogen and oxygen atoms in total. The van der Waals surface area contributed by atoms with Gasteiger partial charge < -0.3 is 5.32 Å². The summed E-state index contributed by atoms with van der Waals surface area (Å²) in [6.45, 7) is 5.76. The maximum absolute atomic E-state index is 10.2. The van der Waals surface area contributed by atoms with Gasteiger partial charge in [0, 0.05) is 7.05 Å². The van der Waals surface area contributed by atoms with Gasteiger partial charge in [-0.15, -0.1) is 0 Å². The normalized spacial score (nSPS) is 11.9. The first kappa shape index (κ1) is 11.0. The van der Waals surface area contributed by atoms with Crippen molar-refractivity contribution < 1.29 is 9.63 Å². The van der Waals surface area contributed by atoms with Gasteiger partial charge in [0.15, 0.2) is 0 Å². The van der Waals surface area contributed by atoms with E-state index in [0.717, 1.165) is 12.1 Å². The van der Waals surface area contributed by atoms with Gasteiger partial charge in [-0.1, -0.05) is 13.5 Å². The molecule has 0 saturated carbocycles. The van der Waals surface area contributed by atoms with Crippen molar-refractivity contribution in [3.05, 3.63) is 12.3 Å². The average Bonchev–Trinajstić information content (AvgIpc) is 2.11. The molecule has 0 bridgehead atoms. The fourth-order valence-electron chi connectivity index (χ4n) is 0.869. The average molecular weight is 172 g/mol. The minimum absolute atomic E-state index is 0.0487. The van der Waals surface area contributed by atoms with Gasteiger partial charge in [-0.25, -0.2) is 0 Å². The van der Waals surface area contributed by atoms with Crippen molar-refractivity contribution in [2.24, 2.45) is 0 Å². The minimum atomic E-state index is -0.0487. The summed E-state index contributed by atoms with van der Waals surface area (Å²) in [5, 5.41) is 4.18. The second-order valence-electron chi connectivity index (χ2n) is 2.42. The second-order valence-corrected chi connectivity index (χ2v) is 2.42. The van der Waals surface area contributed by atoms with Crippen LogP contribution in [0.2, 0.25) is 0 Å². The highest BCUT2D eigenvalue weighted by Gasteiger charge is 2.12. The highest BCUT2D eigenvalue weighted by molar-refractivity contribution is 5.47. The zero-order valence-electron chi connectivity index (χ0n) is 7.83. The van der Waals surface area contributed by atoms with Crippen LogP contribution in [0.3, 0.4) is 0 Å². The number of hydroxylamine groups is 2. The summed E-state index contributed by atoms with van der Waals surface area (Å²) in [5.41, 5.74) is 0.743. The minimum Gasteiger partial charge on any atom is -0.350 e. The van der Waals surface area contributed by atoms with Crippen LogP contribution in [0.5, 0.6) is 0 Å². The van der Waals surface area contributed by atoms with Crippen LogP contribution in [-0.2, 0) is 9.63 Å². The Morgan fingerprint density at radius 1 is 1.83 bits per heavy atom. The zero-order chi connectivity index (χ0) is 9.56. The molecule has 0 aliphatic carbocycles. The molecule has 0 aromatic rings. The number of carbonyl (C=O) groups excluding carboxylic acids is 1. The van der Waals surface area contributed by atoms with E-state index in [2.05, 4.69) is 11.9 Å². The Morgan fingerprint density at radius 2 is 2.42 bits per heavy atom. The molecule has 0 unspecified atom stereocenters. The molecule has 0 rings (SSSR count). The Bertz CT molecular complexity index is 159. The fraction of sp³-hybridized carbons (Fsp3) is 0.625. The van der Waals surface area contributed by atoms with E-state index < -0.39 is 0 Å². The first-order chi connectivity index (χ1) is 5.67. The third kappa shape index (κ3) is 2.92. The van der Waals surface area contributed by atoms with Crippen LogP contribution in [0, 0.1) is 0 Å². The van der Waals surface area contributed by atoms with Gasteiger partial charge in [-0.05, 0) is 6.42 Å². The molecule has 1 N–H and O–H groups in total. The molecule has 0 aromatic heterocycles. The van der Waals surface area contributed by atoms with Crippen molar-refractivity contribution in [1.82, 2.24) is 10.4 Å². The molecular weight excluding hydrogens is 156 g/mol. The summed E-state index contributed by atoms with van der Waals surface area (Å²) in [4.78, 5) is 15.1. The first-order valence-corrected chi connectivity index (χ1v) is 3.83. The molecule has 0 radical (unpaired) electrons. The fourth-order valence-corrected chi connectivity index (χ4v) is 0.869. The maximum atomic E-state index is 10.2. The number of hydrogen-bond acceptors (Lipinski definition) is 3. The van der Waals surface area contributed by atoms with E-state index >= 15 is 0 Å². The topological polar surface area (TPSA) is 41.6 Å². The van der Waals surface area contributed by atoms with Gasteiger partial charge in [-0.3, -0.25) is 14.7 Å². The molecule has 0 aliphatic heterocycles. The Kier molecular flexibility index (Phi) is 5.12. The largest absolute Gasteiger partial charge is 0.350 e. The molecule has 0 aliphatic rings. The molecule has 4 heteroatoms. The molecule has 0 saturated heterocycles. The summed E-state index contributed by atoms with van der Waals surface area (Å²) in [6, 6.07) is -0.0487. The predicted molar refractivity (Wildman–Crippen MR) is 47.2 cm³/mol. The summed E-state index contributed by atoms with van der Waals surface area (Å²) in [5.74, 6) is 0. The van der Waals surface area contributed by atoms with E-state index in [4.69, 9.17) is 4.84 Å². The zero-order valence-corrected chi connectivity index (χ0v) is 7.83. The standard InChI is InChI=1S/C8H16N2O2/c1-5-8(9-6-11)7(2)10(3)12-4/h6,8H,2,5H2,1,3-4H3,(H,9,11)/t8-/m0/s1. The lowest BCUT2D eigenvalue weighted by Gasteiger charge is -2.24. The molecule has 0 spiro atoms. The highest BCUT2D eigenvalue weighted by Crippen LogP contribution is 2.07. The predicted octanol–water partition coefficient (Wildman–Crippen LogP) is 0.518. The molecule has 70 valence electrons. The van der Waals surface area contributed by atoms with Crippen LogP contribution in [0.25, 0.3) is 0 Å². The highest BCUT2D eigenvalue weighted by atomic mass is 16.7. The van der Waals surface area contributed by atoms with Gasteiger partial charge in [-0.2, -0.15) is 0 Å². The molecule has 1 atom stereocenters. The molecular formula is C8H16N2O2. The van der Waals surface area contributed by atoms with Crippen molar-refractivity contribution in [3.8, 4) is 0 Å². The van der Waals surface area contributed by atoms with Crippen molar-refractivity contribution in [2.45, 2.75) is 19.4 Å². The van der Waals surface area contributed by atoms with Crippen LogP contribution in [0.1, 0.15) is 13.3 Å². The van der Waals surface area contributed by atoms with Crippen molar-refractivity contribution >= 4 is 6.41 Å². The van der Waals surface area contributed by atoms with Crippen LogP contribution < -0.4 is 5.32 Å². The SMILES string of the molecule is C=C([C@H](CC)NC=O)N(C)OC. The monoisotopic (exact) mass is 172 g/mol. The number of likely N-dealkylation sites (N-methyl/N-ethyl adjacent to an activating group) is 1. The Labute approximate surface area is 73.1 Å². The van der Waals surface area contributed by atoms with E-state index in [-0.39, 0.29) is 6.04 Å². The van der Waals surface area contributed by atoms with Gasteiger partial charge in [0.05, 0.1) is 18.8 Å². The quantitative estimate of drug-likeness (QED) is 0.469. The summed E-state index contributed by atoms with van der Waals surface area (Å²) in [6.07, 6.45) is 1.47. The lowest BCUT2D eigenvalue weighted by molar-refractivity contribution is -0.111. The van der Waals surface area contributed by atoms with E-state index in [9.17, 15) is 4.79 Å². The number of carbonyl (C=O) groups is 1. The van der Waals surface area contributed by atoms with E-state index in [0.29, 0.717) is 6.41 Å². The summed E-state index contributed by atoms with van der Waals surface area (Å²) < 4.78 is 0. The van der Waals surface area contributed by atoms with Crippen LogP contribution in [-0.4, -0.2) is 31.7 Å². The van der Waals surface area contributed by atoms with Crippen LogP contribution >= 0.6 is 0 Å². The van der Waals surface area contributed by atoms with Gasteiger partial charge >= 0.3 is 0 Å². The Morgan fingerprint density at radius 3 is 2.75 bits per heavy atom. The second kappa shape index (κ2) is 5.60. The van der Waals surface area contributed by atoms with Crippen molar-refractivity contribution in [2.75, 3.05) is 14.2 Å². The van der Waals surface area contributed by atoms with E-state index in [1.54, 1.807) is 14.2 Å². The molecule has 0 heterocycles. The molecule has 0 fully saturated rings. The molecule has 1 amide bonds. The first-order valence-electron chi connectivity index (χ1n) is 3.83. The number of nitrogens with zero attached hydrogens (tertiary/aromatic N) is 1. The maximum Gasteiger partial charge on any atom is 0.207 e. The van der Waals surface area contributed by atoms with Crippen LogP contribution in [0.4, 0.5) is 0 Å². The number of rotatable bonds is 6. The van der Waals surface area contributed by atoms with E-state index in [1.165, 1.54) is 5.06 Å². The van der Waals surface area contributed by atoms with Crippen molar-refractivity contribution in [3.63, 3.8) is 0 Å². The Balaban J connectivity index is 4.10. The van der Waals surface area contributed by atoms with Gasteiger partial charge in [0.25, 0.3) is 0 Å². The Hall–Kier alpha value is -1.03. The van der Waals surface area contributed by atoms with Crippen LogP contribution in [0.15, 0.2) is 12.3 Å². The van der Waals surface area contributed by atoms with Crippen molar-refractivity contribution in [1.29, 1.82) is 0 Å². The molecule has 0 aromatic carbocycles. The summed E-state index contributed by atoms with van der Waals surface area (Å²) >= 11 is 0. The van der Waals surface area contributed by atoms with Gasteiger partial charge in [0.1, 0.15) is 0 Å². The molecule has 12 heavy (non-hydrogen) atoms. The number of amides is 1. The lowest BCUT2D eigenvalue weighted by atomic mass is 10.2. The summed E-state index contributed by atoms with van der Waals surface area (Å²) in [7, 11) is 3.30. The third-order valence-electron chi connectivity index (χ3n) is 1.76.